The van der Waals surface area contributed by atoms with Crippen molar-refractivity contribution >= 4 is 0 Å². The molecule has 2 heterocycles. The van der Waals surface area contributed by atoms with Crippen LogP contribution in [0.4, 0.5) is 0 Å². The molecular formula is C12H21N3. The second kappa shape index (κ2) is 3.63. The van der Waals surface area contributed by atoms with Crippen LogP contribution in [0.5, 0.6) is 0 Å². The summed E-state index contributed by atoms with van der Waals surface area (Å²) in [5, 5.41) is 3.61. The highest BCUT2D eigenvalue weighted by Gasteiger charge is 2.30. The summed E-state index contributed by atoms with van der Waals surface area (Å²) in [5.41, 5.74) is 1.35. The summed E-state index contributed by atoms with van der Waals surface area (Å²) >= 11 is 0. The summed E-state index contributed by atoms with van der Waals surface area (Å²) in [6.45, 7) is 11.1. The van der Waals surface area contributed by atoms with Crippen molar-refractivity contribution in [2.75, 3.05) is 6.54 Å². The zero-order chi connectivity index (χ0) is 11.1. The lowest BCUT2D eigenvalue weighted by molar-refractivity contribution is 0.266. The van der Waals surface area contributed by atoms with E-state index < -0.39 is 0 Å². The molecule has 3 heteroatoms. The van der Waals surface area contributed by atoms with Crippen molar-refractivity contribution in [2.45, 2.75) is 46.7 Å². The third kappa shape index (κ3) is 2.07. The van der Waals surface area contributed by atoms with E-state index in [1.54, 1.807) is 0 Å². The second-order valence-corrected chi connectivity index (χ2v) is 5.54. The van der Waals surface area contributed by atoms with Gasteiger partial charge in [0.1, 0.15) is 5.82 Å². The summed E-state index contributed by atoms with van der Waals surface area (Å²) < 4.78 is 2.31. The van der Waals surface area contributed by atoms with Gasteiger partial charge < -0.3 is 9.88 Å². The highest BCUT2D eigenvalue weighted by molar-refractivity contribution is 5.10. The first kappa shape index (κ1) is 10.7. The summed E-state index contributed by atoms with van der Waals surface area (Å²) in [6.07, 6.45) is 3.36. The van der Waals surface area contributed by atoms with Crippen LogP contribution in [0.25, 0.3) is 0 Å². The normalized spacial score (nSPS) is 22.3. The highest BCUT2D eigenvalue weighted by Crippen LogP contribution is 2.33. The van der Waals surface area contributed by atoms with E-state index in [9.17, 15) is 0 Å². The van der Waals surface area contributed by atoms with Crippen molar-refractivity contribution in [3.63, 3.8) is 0 Å². The van der Waals surface area contributed by atoms with Crippen molar-refractivity contribution in [2.24, 2.45) is 5.41 Å². The molecule has 0 aliphatic carbocycles. The van der Waals surface area contributed by atoms with E-state index in [1.807, 2.05) is 0 Å². The van der Waals surface area contributed by atoms with Gasteiger partial charge in [0.05, 0.1) is 11.7 Å². The van der Waals surface area contributed by atoms with Crippen LogP contribution in [-0.4, -0.2) is 16.1 Å². The lowest BCUT2D eigenvalue weighted by Crippen LogP contribution is -2.33. The summed E-state index contributed by atoms with van der Waals surface area (Å²) in [4.78, 5) is 4.66. The Morgan fingerprint density at radius 2 is 2.20 bits per heavy atom. The Hall–Kier alpha value is -0.830. The molecule has 15 heavy (non-hydrogen) atoms. The van der Waals surface area contributed by atoms with Crippen LogP contribution in [0.3, 0.4) is 0 Å². The Morgan fingerprint density at radius 1 is 1.47 bits per heavy atom. The highest BCUT2D eigenvalue weighted by atomic mass is 15.1. The molecule has 2 rings (SSSR count). The van der Waals surface area contributed by atoms with Gasteiger partial charge in [0.2, 0.25) is 0 Å². The zero-order valence-corrected chi connectivity index (χ0v) is 10.2. The average molecular weight is 207 g/mol. The number of hydrogen-bond acceptors (Lipinski definition) is 2. The van der Waals surface area contributed by atoms with Crippen LogP contribution in [0.15, 0.2) is 6.20 Å². The maximum atomic E-state index is 4.66. The van der Waals surface area contributed by atoms with Gasteiger partial charge in [0.25, 0.3) is 0 Å². The number of aromatic nitrogens is 2. The van der Waals surface area contributed by atoms with Crippen LogP contribution in [0.1, 0.15) is 44.8 Å². The predicted molar refractivity (Wildman–Crippen MR) is 61.8 cm³/mol. The maximum Gasteiger partial charge on any atom is 0.126 e. The first-order valence-electron chi connectivity index (χ1n) is 5.75. The van der Waals surface area contributed by atoms with Gasteiger partial charge in [-0.3, -0.25) is 0 Å². The Kier molecular flexibility index (Phi) is 2.59. The molecular weight excluding hydrogens is 186 g/mol. The van der Waals surface area contributed by atoms with Crippen molar-refractivity contribution in [3.8, 4) is 0 Å². The molecule has 1 aliphatic heterocycles. The van der Waals surface area contributed by atoms with Crippen LogP contribution in [0.2, 0.25) is 0 Å². The molecule has 0 aromatic carbocycles. The number of rotatable bonds is 0. The van der Waals surface area contributed by atoms with Gasteiger partial charge in [-0.05, 0) is 25.3 Å². The minimum absolute atomic E-state index is 0.222. The van der Waals surface area contributed by atoms with E-state index in [-0.39, 0.29) is 5.41 Å². The van der Waals surface area contributed by atoms with Crippen LogP contribution in [-0.2, 0) is 6.54 Å². The number of aryl methyl sites for hydroxylation is 2. The molecule has 0 bridgehead atoms. The third-order valence-electron chi connectivity index (χ3n) is 2.98. The van der Waals surface area contributed by atoms with Gasteiger partial charge in [0, 0.05) is 12.7 Å². The topological polar surface area (TPSA) is 29.9 Å². The molecule has 1 aliphatic rings. The predicted octanol–water partition coefficient (Wildman–Crippen LogP) is 2.27. The average Bonchev–Trinajstić information content (AvgIpc) is 2.32. The molecule has 3 nitrogen and oxygen atoms in total. The quantitative estimate of drug-likeness (QED) is 0.707. The molecule has 1 aromatic rings. The largest absolute Gasteiger partial charge is 0.333 e. The number of nitrogens with zero attached hydrogens (tertiary/aromatic N) is 2. The van der Waals surface area contributed by atoms with Crippen molar-refractivity contribution in [3.05, 3.63) is 17.7 Å². The van der Waals surface area contributed by atoms with Crippen LogP contribution >= 0.6 is 0 Å². The smallest absolute Gasteiger partial charge is 0.126 e. The summed E-state index contributed by atoms with van der Waals surface area (Å²) in [5.74, 6) is 1.21. The lowest BCUT2D eigenvalue weighted by Gasteiger charge is -2.29. The molecule has 0 saturated carbocycles. The van der Waals surface area contributed by atoms with Gasteiger partial charge in [0.15, 0.2) is 0 Å². The SMILES string of the molecule is Cc1cn2c(n1)C(C(C)(C)C)NCCC2. The Bertz CT molecular complexity index is 346. The molecule has 0 amide bonds. The number of hydrogen-bond donors (Lipinski definition) is 1. The van der Waals surface area contributed by atoms with Gasteiger partial charge in [-0.1, -0.05) is 20.8 Å². The van der Waals surface area contributed by atoms with Gasteiger partial charge in [-0.15, -0.1) is 0 Å². The second-order valence-electron chi connectivity index (χ2n) is 5.54. The monoisotopic (exact) mass is 207 g/mol. The molecule has 1 unspecified atom stereocenters. The molecule has 1 aromatic heterocycles. The fourth-order valence-corrected chi connectivity index (χ4v) is 2.26. The standard InChI is InChI=1S/C12H21N3/c1-9-8-15-7-5-6-13-10(11(15)14-9)12(2,3)4/h8,10,13H,5-7H2,1-4H3. The van der Waals surface area contributed by atoms with Gasteiger partial charge in [-0.25, -0.2) is 4.98 Å². The molecule has 84 valence electrons. The van der Waals surface area contributed by atoms with E-state index in [0.29, 0.717) is 6.04 Å². The fraction of sp³-hybridized carbons (Fsp3) is 0.750. The van der Waals surface area contributed by atoms with Crippen LogP contribution in [0, 0.1) is 12.3 Å². The zero-order valence-electron chi connectivity index (χ0n) is 10.2. The molecule has 0 fully saturated rings. The van der Waals surface area contributed by atoms with Gasteiger partial charge >= 0.3 is 0 Å². The Balaban J connectivity index is 2.40. The van der Waals surface area contributed by atoms with E-state index >= 15 is 0 Å². The minimum Gasteiger partial charge on any atom is -0.333 e. The summed E-state index contributed by atoms with van der Waals surface area (Å²) in [6, 6.07) is 0.369. The molecule has 0 saturated heterocycles. The fourth-order valence-electron chi connectivity index (χ4n) is 2.26. The van der Waals surface area contributed by atoms with Crippen molar-refractivity contribution < 1.29 is 0 Å². The first-order valence-corrected chi connectivity index (χ1v) is 5.75. The summed E-state index contributed by atoms with van der Waals surface area (Å²) in [7, 11) is 0. The van der Waals surface area contributed by atoms with E-state index in [2.05, 4.69) is 48.8 Å². The Morgan fingerprint density at radius 3 is 2.87 bits per heavy atom. The van der Waals surface area contributed by atoms with Gasteiger partial charge in [-0.2, -0.15) is 0 Å². The van der Waals surface area contributed by atoms with E-state index in [4.69, 9.17) is 0 Å². The third-order valence-corrected chi connectivity index (χ3v) is 2.98. The number of fused-ring (bicyclic) bond motifs is 1. The first-order chi connectivity index (χ1) is 6.98. The minimum atomic E-state index is 0.222. The molecule has 0 spiro atoms. The number of imidazole rings is 1. The molecule has 1 atom stereocenters. The van der Waals surface area contributed by atoms with E-state index in [0.717, 1.165) is 18.8 Å². The maximum absolute atomic E-state index is 4.66. The van der Waals surface area contributed by atoms with Crippen molar-refractivity contribution in [1.82, 2.24) is 14.9 Å². The molecule has 1 N–H and O–H groups in total. The molecule has 0 radical (unpaired) electrons. The van der Waals surface area contributed by atoms with Crippen molar-refractivity contribution in [1.29, 1.82) is 0 Å². The van der Waals surface area contributed by atoms with E-state index in [1.165, 1.54) is 12.2 Å². The van der Waals surface area contributed by atoms with Crippen LogP contribution < -0.4 is 5.32 Å². The lowest BCUT2D eigenvalue weighted by atomic mass is 9.86. The number of nitrogens with one attached hydrogen (secondary N) is 1. The Labute approximate surface area is 91.9 Å².